The zero-order valence-corrected chi connectivity index (χ0v) is 10.6. The highest BCUT2D eigenvalue weighted by atomic mass is 35.5. The minimum Gasteiger partial charge on any atom is -0.465 e. The number of para-hydroxylation sites is 1. The van der Waals surface area contributed by atoms with Crippen LogP contribution in [0.1, 0.15) is 12.6 Å². The lowest BCUT2D eigenvalue weighted by Crippen LogP contribution is -2.14. The van der Waals surface area contributed by atoms with E-state index in [0.29, 0.717) is 11.6 Å². The van der Waals surface area contributed by atoms with E-state index in [1.807, 2.05) is 35.8 Å². The van der Waals surface area contributed by atoms with Gasteiger partial charge in [-0.2, -0.15) is 0 Å². The molecule has 0 aliphatic heterocycles. The van der Waals surface area contributed by atoms with Gasteiger partial charge in [-0.25, -0.2) is 0 Å². The highest BCUT2D eigenvalue weighted by Crippen LogP contribution is 2.26. The smallest absolute Gasteiger partial charge is 0.325 e. The first-order chi connectivity index (χ1) is 8.13. The van der Waals surface area contributed by atoms with E-state index in [1.54, 1.807) is 6.92 Å². The topological polar surface area (TPSA) is 31.2 Å². The molecule has 0 aliphatic carbocycles. The Morgan fingerprint density at radius 2 is 2.24 bits per heavy atom. The van der Waals surface area contributed by atoms with Gasteiger partial charge in [-0.3, -0.25) is 4.79 Å². The maximum atomic E-state index is 11.5. The van der Waals surface area contributed by atoms with E-state index in [9.17, 15) is 4.79 Å². The van der Waals surface area contributed by atoms with E-state index in [-0.39, 0.29) is 12.5 Å². The predicted octanol–water partition coefficient (Wildman–Crippen LogP) is 3.17. The number of aryl methyl sites for hydroxylation is 1. The Balaban J connectivity index is 2.45. The van der Waals surface area contributed by atoms with Crippen LogP contribution in [0.3, 0.4) is 0 Å². The Hall–Kier alpha value is -1.48. The molecule has 1 aromatic carbocycles. The normalized spacial score (nSPS) is 10.8. The Kier molecular flexibility index (Phi) is 3.38. The van der Waals surface area contributed by atoms with Gasteiger partial charge < -0.3 is 9.30 Å². The monoisotopic (exact) mass is 251 g/mol. The van der Waals surface area contributed by atoms with Gasteiger partial charge in [0.25, 0.3) is 0 Å². The molecule has 0 fully saturated rings. The third-order valence-corrected chi connectivity index (χ3v) is 2.98. The molecule has 1 heterocycles. The van der Waals surface area contributed by atoms with Crippen molar-refractivity contribution >= 4 is 28.5 Å². The molecule has 0 amide bonds. The third kappa shape index (κ3) is 2.29. The lowest BCUT2D eigenvalue weighted by Gasteiger charge is -2.08. The van der Waals surface area contributed by atoms with Crippen LogP contribution in [0, 0.1) is 6.92 Å². The number of fused-ring (bicyclic) bond motifs is 1. The van der Waals surface area contributed by atoms with Crippen LogP contribution in [0.4, 0.5) is 0 Å². The number of benzene rings is 1. The molecule has 0 unspecified atom stereocenters. The van der Waals surface area contributed by atoms with Crippen molar-refractivity contribution in [2.45, 2.75) is 20.4 Å². The summed E-state index contributed by atoms with van der Waals surface area (Å²) < 4.78 is 6.84. The molecule has 0 N–H and O–H groups in total. The summed E-state index contributed by atoms with van der Waals surface area (Å²) in [5.74, 6) is -0.243. The van der Waals surface area contributed by atoms with E-state index in [4.69, 9.17) is 16.3 Å². The second-order valence-corrected chi connectivity index (χ2v) is 4.26. The molecule has 0 atom stereocenters. The summed E-state index contributed by atoms with van der Waals surface area (Å²) in [4.78, 5) is 11.5. The summed E-state index contributed by atoms with van der Waals surface area (Å²) in [6.07, 6.45) is 0. The van der Waals surface area contributed by atoms with Gasteiger partial charge in [0.2, 0.25) is 0 Å². The first-order valence-corrected chi connectivity index (χ1v) is 5.91. The lowest BCUT2D eigenvalue weighted by molar-refractivity contribution is -0.143. The molecule has 0 saturated heterocycles. The number of hydrogen-bond acceptors (Lipinski definition) is 2. The van der Waals surface area contributed by atoms with Crippen LogP contribution in [-0.2, 0) is 16.1 Å². The molecule has 4 heteroatoms. The van der Waals surface area contributed by atoms with Crippen molar-refractivity contribution in [3.8, 4) is 0 Å². The number of aromatic nitrogens is 1. The minimum absolute atomic E-state index is 0.201. The van der Waals surface area contributed by atoms with Gasteiger partial charge in [0, 0.05) is 11.1 Å². The summed E-state index contributed by atoms with van der Waals surface area (Å²) in [6.45, 7) is 4.35. The molecular weight excluding hydrogens is 238 g/mol. The van der Waals surface area contributed by atoms with Crippen molar-refractivity contribution in [2.75, 3.05) is 6.61 Å². The summed E-state index contributed by atoms with van der Waals surface area (Å²) in [5.41, 5.74) is 1.89. The van der Waals surface area contributed by atoms with Crippen molar-refractivity contribution < 1.29 is 9.53 Å². The number of rotatable bonds is 3. The molecule has 0 spiro atoms. The Morgan fingerprint density at radius 3 is 2.94 bits per heavy atom. The molecular formula is C13H14ClNO2. The first-order valence-electron chi connectivity index (χ1n) is 5.53. The minimum atomic E-state index is -0.243. The van der Waals surface area contributed by atoms with Gasteiger partial charge >= 0.3 is 5.97 Å². The number of ether oxygens (including phenoxy) is 1. The lowest BCUT2D eigenvalue weighted by atomic mass is 10.2. The molecule has 90 valence electrons. The molecule has 2 rings (SSSR count). The van der Waals surface area contributed by atoms with E-state index in [2.05, 4.69) is 0 Å². The van der Waals surface area contributed by atoms with Gasteiger partial charge in [-0.1, -0.05) is 23.7 Å². The van der Waals surface area contributed by atoms with E-state index in [1.165, 1.54) is 0 Å². The number of hydrogen-bond donors (Lipinski definition) is 0. The number of carbonyl (C=O) groups is 1. The fourth-order valence-electron chi connectivity index (χ4n) is 1.95. The summed E-state index contributed by atoms with van der Waals surface area (Å²) in [7, 11) is 0. The molecule has 1 aromatic heterocycles. The van der Waals surface area contributed by atoms with Crippen molar-refractivity contribution in [2.24, 2.45) is 0 Å². The van der Waals surface area contributed by atoms with Crippen molar-refractivity contribution in [1.82, 2.24) is 4.57 Å². The van der Waals surface area contributed by atoms with Gasteiger partial charge in [0.15, 0.2) is 0 Å². The van der Waals surface area contributed by atoms with Crippen LogP contribution in [0.5, 0.6) is 0 Å². The van der Waals surface area contributed by atoms with Crippen LogP contribution >= 0.6 is 11.6 Å². The fourth-order valence-corrected chi connectivity index (χ4v) is 2.24. The Bertz CT molecular complexity index is 560. The van der Waals surface area contributed by atoms with Gasteiger partial charge in [0.1, 0.15) is 6.54 Å². The maximum Gasteiger partial charge on any atom is 0.325 e. The summed E-state index contributed by atoms with van der Waals surface area (Å²) in [6, 6.07) is 7.72. The van der Waals surface area contributed by atoms with E-state index < -0.39 is 0 Å². The standard InChI is InChI=1S/C13H14ClNO2/c1-3-17-12(16)8-15-9(2)7-10-5-4-6-11(14)13(10)15/h4-7H,3,8H2,1-2H3. The quantitative estimate of drug-likeness (QED) is 0.785. The van der Waals surface area contributed by atoms with Crippen molar-refractivity contribution in [3.05, 3.63) is 35.0 Å². The zero-order chi connectivity index (χ0) is 12.4. The van der Waals surface area contributed by atoms with Crippen molar-refractivity contribution in [1.29, 1.82) is 0 Å². The number of carbonyl (C=O) groups excluding carboxylic acids is 1. The Labute approximate surface area is 105 Å². The molecule has 2 aromatic rings. The molecule has 3 nitrogen and oxygen atoms in total. The maximum absolute atomic E-state index is 11.5. The summed E-state index contributed by atoms with van der Waals surface area (Å²) in [5, 5.41) is 1.69. The number of halogens is 1. The molecule has 0 bridgehead atoms. The highest BCUT2D eigenvalue weighted by molar-refractivity contribution is 6.35. The Morgan fingerprint density at radius 1 is 1.47 bits per heavy atom. The van der Waals surface area contributed by atoms with Gasteiger partial charge in [-0.05, 0) is 26.0 Å². The van der Waals surface area contributed by atoms with E-state index >= 15 is 0 Å². The van der Waals surface area contributed by atoms with Crippen LogP contribution in [0.15, 0.2) is 24.3 Å². The molecule has 0 radical (unpaired) electrons. The SMILES string of the molecule is CCOC(=O)Cn1c(C)cc2cccc(Cl)c21. The van der Waals surface area contributed by atoms with Gasteiger partial charge in [0.05, 0.1) is 17.1 Å². The van der Waals surface area contributed by atoms with Crippen LogP contribution in [-0.4, -0.2) is 17.1 Å². The average Bonchev–Trinajstić information content (AvgIpc) is 2.57. The van der Waals surface area contributed by atoms with Crippen LogP contribution in [0.2, 0.25) is 5.02 Å². The average molecular weight is 252 g/mol. The predicted molar refractivity (Wildman–Crippen MR) is 68.3 cm³/mol. The molecule has 0 aliphatic rings. The zero-order valence-electron chi connectivity index (χ0n) is 9.87. The second kappa shape index (κ2) is 4.80. The summed E-state index contributed by atoms with van der Waals surface area (Å²) >= 11 is 6.16. The third-order valence-electron chi connectivity index (χ3n) is 2.67. The number of esters is 1. The highest BCUT2D eigenvalue weighted by Gasteiger charge is 2.12. The largest absolute Gasteiger partial charge is 0.465 e. The van der Waals surface area contributed by atoms with Crippen LogP contribution in [0.25, 0.3) is 10.9 Å². The first kappa shape index (κ1) is 12.0. The van der Waals surface area contributed by atoms with Crippen molar-refractivity contribution in [3.63, 3.8) is 0 Å². The molecule has 0 saturated carbocycles. The number of nitrogens with zero attached hydrogens (tertiary/aromatic N) is 1. The fraction of sp³-hybridized carbons (Fsp3) is 0.308. The van der Waals surface area contributed by atoms with Gasteiger partial charge in [-0.15, -0.1) is 0 Å². The molecule has 17 heavy (non-hydrogen) atoms. The van der Waals surface area contributed by atoms with E-state index in [0.717, 1.165) is 16.6 Å². The van der Waals surface area contributed by atoms with Crippen LogP contribution < -0.4 is 0 Å². The second-order valence-electron chi connectivity index (χ2n) is 3.85.